The van der Waals surface area contributed by atoms with Crippen LogP contribution in [0.15, 0.2) is 24.3 Å². The van der Waals surface area contributed by atoms with E-state index in [1.54, 1.807) is 6.92 Å². The van der Waals surface area contributed by atoms with Crippen LogP contribution >= 0.6 is 0 Å². The molecule has 2 heterocycles. The lowest BCUT2D eigenvalue weighted by Gasteiger charge is -2.34. The maximum Gasteiger partial charge on any atom is 0.231 e. The fraction of sp³-hybridized carbons (Fsp3) is 0.650. The van der Waals surface area contributed by atoms with Crippen molar-refractivity contribution < 1.29 is 9.53 Å². The normalized spacial score (nSPS) is 22.6. The molecule has 0 radical (unpaired) electrons. The largest absolute Gasteiger partial charge is 0.492 e. The molecule has 2 N–H and O–H groups in total. The highest BCUT2D eigenvalue weighted by molar-refractivity contribution is 5.72. The molecule has 0 aliphatic carbocycles. The number of carbonyl (C=O) groups excluding carboxylic acids is 1. The minimum atomic E-state index is 0.00396. The summed E-state index contributed by atoms with van der Waals surface area (Å²) in [6, 6.07) is 9.08. The fourth-order valence-electron chi connectivity index (χ4n) is 3.71. The number of amides is 1. The van der Waals surface area contributed by atoms with Gasteiger partial charge in [-0.1, -0.05) is 25.0 Å². The molecule has 0 bridgehead atoms. The molecule has 3 rings (SSSR count). The molecule has 26 heavy (non-hydrogen) atoms. The Balaban J connectivity index is 1.37. The summed E-state index contributed by atoms with van der Waals surface area (Å²) in [6.07, 6.45) is 5.16. The van der Waals surface area contributed by atoms with Crippen molar-refractivity contribution in [3.05, 3.63) is 29.8 Å². The van der Waals surface area contributed by atoms with Crippen molar-refractivity contribution in [1.82, 2.24) is 20.7 Å². The van der Waals surface area contributed by atoms with Crippen molar-refractivity contribution in [2.24, 2.45) is 0 Å². The minimum absolute atomic E-state index is 0.00396. The molecule has 2 saturated heterocycles. The lowest BCUT2D eigenvalue weighted by atomic mass is 10.0. The van der Waals surface area contributed by atoms with E-state index in [-0.39, 0.29) is 5.91 Å². The number of rotatable bonds is 6. The zero-order chi connectivity index (χ0) is 18.2. The van der Waals surface area contributed by atoms with Crippen LogP contribution in [0.4, 0.5) is 0 Å². The van der Waals surface area contributed by atoms with Gasteiger partial charge >= 0.3 is 0 Å². The third-order valence-corrected chi connectivity index (χ3v) is 5.21. The first-order valence-electron chi connectivity index (χ1n) is 9.91. The molecular formula is C20H32N4O2. The summed E-state index contributed by atoms with van der Waals surface area (Å²) in [5.41, 5.74) is 4.22. The Labute approximate surface area is 156 Å². The van der Waals surface area contributed by atoms with Crippen LogP contribution < -0.4 is 15.5 Å². The molecule has 1 amide bonds. The first kappa shape index (κ1) is 19.1. The second-order valence-electron chi connectivity index (χ2n) is 7.27. The van der Waals surface area contributed by atoms with Crippen LogP contribution in [-0.4, -0.2) is 61.7 Å². The number of nitrogens with zero attached hydrogens (tertiary/aromatic N) is 2. The molecule has 0 saturated carbocycles. The molecular weight excluding hydrogens is 328 g/mol. The van der Waals surface area contributed by atoms with Crippen LogP contribution in [0.2, 0.25) is 0 Å². The Morgan fingerprint density at radius 2 is 1.92 bits per heavy atom. The molecule has 6 heteroatoms. The van der Waals surface area contributed by atoms with Crippen LogP contribution in [-0.2, 0) is 4.79 Å². The van der Waals surface area contributed by atoms with E-state index >= 15 is 0 Å². The van der Waals surface area contributed by atoms with E-state index in [9.17, 15) is 4.79 Å². The summed E-state index contributed by atoms with van der Waals surface area (Å²) >= 11 is 0. The number of nitrogens with one attached hydrogen (secondary N) is 2. The first-order valence-corrected chi connectivity index (χ1v) is 9.91. The van der Waals surface area contributed by atoms with Crippen molar-refractivity contribution in [3.63, 3.8) is 0 Å². The lowest BCUT2D eigenvalue weighted by molar-refractivity contribution is -0.124. The molecule has 2 aliphatic rings. The van der Waals surface area contributed by atoms with E-state index in [2.05, 4.69) is 39.9 Å². The summed E-state index contributed by atoms with van der Waals surface area (Å²) in [6.45, 7) is 7.92. The summed E-state index contributed by atoms with van der Waals surface area (Å²) < 4.78 is 5.92. The standard InChI is InChI=1S/C20H32N4O2/c1-17(25)22-24-13-11-23(12-14-24)15-16-26-19-8-6-18(7-9-19)20-5-3-2-4-10-21-20/h6-9,20-21H,2-5,10-16H2,1H3,(H,22,25). The van der Waals surface area contributed by atoms with Gasteiger partial charge in [0.1, 0.15) is 12.4 Å². The lowest BCUT2D eigenvalue weighted by Crippen LogP contribution is -2.53. The average molecular weight is 361 g/mol. The van der Waals surface area contributed by atoms with Gasteiger partial charge in [-0.3, -0.25) is 15.1 Å². The number of benzene rings is 1. The van der Waals surface area contributed by atoms with Crippen LogP contribution in [0, 0.1) is 0 Å². The van der Waals surface area contributed by atoms with Gasteiger partial charge in [-0.2, -0.15) is 0 Å². The van der Waals surface area contributed by atoms with Crippen molar-refractivity contribution in [2.75, 3.05) is 45.9 Å². The Bertz CT molecular complexity index is 547. The van der Waals surface area contributed by atoms with Crippen molar-refractivity contribution in [3.8, 4) is 5.75 Å². The Morgan fingerprint density at radius 1 is 1.15 bits per heavy atom. The van der Waals surface area contributed by atoms with Gasteiger partial charge in [0.05, 0.1) is 0 Å². The molecule has 1 atom stereocenters. The predicted octanol–water partition coefficient (Wildman–Crippen LogP) is 1.94. The number of carbonyl (C=O) groups is 1. The van der Waals surface area contributed by atoms with Crippen molar-refractivity contribution >= 4 is 5.91 Å². The highest BCUT2D eigenvalue weighted by atomic mass is 16.5. The Hall–Kier alpha value is -1.63. The van der Waals surface area contributed by atoms with E-state index in [1.165, 1.54) is 31.2 Å². The summed E-state index contributed by atoms with van der Waals surface area (Å²) in [7, 11) is 0. The number of piperazine rings is 1. The van der Waals surface area contributed by atoms with Crippen LogP contribution in [0.1, 0.15) is 44.2 Å². The molecule has 2 fully saturated rings. The second-order valence-corrected chi connectivity index (χ2v) is 7.27. The first-order chi connectivity index (χ1) is 12.7. The van der Waals surface area contributed by atoms with Gasteiger partial charge in [0.2, 0.25) is 5.91 Å². The Kier molecular flexibility index (Phi) is 7.29. The zero-order valence-corrected chi connectivity index (χ0v) is 15.9. The highest BCUT2D eigenvalue weighted by Gasteiger charge is 2.17. The van der Waals surface area contributed by atoms with Crippen molar-refractivity contribution in [1.29, 1.82) is 0 Å². The van der Waals surface area contributed by atoms with Crippen LogP contribution in [0.25, 0.3) is 0 Å². The zero-order valence-electron chi connectivity index (χ0n) is 15.9. The summed E-state index contributed by atoms with van der Waals surface area (Å²) in [5, 5.41) is 5.63. The monoisotopic (exact) mass is 360 g/mol. The second kappa shape index (κ2) is 9.90. The SMILES string of the molecule is CC(=O)NN1CCN(CCOc2ccc(C3CCCCCN3)cc2)CC1. The quantitative estimate of drug-likeness (QED) is 0.812. The van der Waals surface area contributed by atoms with Gasteiger partial charge in [0.25, 0.3) is 0 Å². The molecule has 0 spiro atoms. The van der Waals surface area contributed by atoms with Gasteiger partial charge in [0, 0.05) is 45.7 Å². The van der Waals surface area contributed by atoms with Gasteiger partial charge < -0.3 is 10.1 Å². The Morgan fingerprint density at radius 3 is 2.65 bits per heavy atom. The third kappa shape index (κ3) is 5.97. The number of hydrogen-bond donors (Lipinski definition) is 2. The highest BCUT2D eigenvalue weighted by Crippen LogP contribution is 2.24. The van der Waals surface area contributed by atoms with E-state index in [4.69, 9.17) is 4.74 Å². The molecule has 6 nitrogen and oxygen atoms in total. The number of ether oxygens (including phenoxy) is 1. The molecule has 2 aliphatic heterocycles. The summed E-state index contributed by atoms with van der Waals surface area (Å²) in [4.78, 5) is 13.5. The topological polar surface area (TPSA) is 56.8 Å². The average Bonchev–Trinajstić information content (AvgIpc) is 2.93. The molecule has 1 unspecified atom stereocenters. The predicted molar refractivity (Wildman–Crippen MR) is 103 cm³/mol. The van der Waals surface area contributed by atoms with Gasteiger partial charge in [0.15, 0.2) is 0 Å². The van der Waals surface area contributed by atoms with Crippen molar-refractivity contribution in [2.45, 2.75) is 38.6 Å². The molecule has 0 aromatic heterocycles. The minimum Gasteiger partial charge on any atom is -0.492 e. The molecule has 1 aromatic rings. The van der Waals surface area contributed by atoms with Gasteiger partial charge in [-0.05, 0) is 37.1 Å². The van der Waals surface area contributed by atoms with Crippen LogP contribution in [0.3, 0.4) is 0 Å². The fourth-order valence-corrected chi connectivity index (χ4v) is 3.71. The smallest absolute Gasteiger partial charge is 0.231 e. The number of hydrogen-bond acceptors (Lipinski definition) is 5. The van der Waals surface area contributed by atoms with Crippen LogP contribution in [0.5, 0.6) is 5.75 Å². The maximum absolute atomic E-state index is 11.1. The third-order valence-electron chi connectivity index (χ3n) is 5.21. The summed E-state index contributed by atoms with van der Waals surface area (Å²) in [5.74, 6) is 0.948. The molecule has 1 aromatic carbocycles. The van der Waals surface area contributed by atoms with E-state index in [1.807, 2.05) is 5.01 Å². The maximum atomic E-state index is 11.1. The number of hydrazine groups is 1. The van der Waals surface area contributed by atoms with E-state index < -0.39 is 0 Å². The van der Waals surface area contributed by atoms with E-state index in [0.29, 0.717) is 12.6 Å². The van der Waals surface area contributed by atoms with Gasteiger partial charge in [-0.25, -0.2) is 5.01 Å². The van der Waals surface area contributed by atoms with E-state index in [0.717, 1.165) is 45.0 Å². The molecule has 144 valence electrons. The van der Waals surface area contributed by atoms with Gasteiger partial charge in [-0.15, -0.1) is 0 Å².